The van der Waals surface area contributed by atoms with Gasteiger partial charge in [-0.25, -0.2) is 0 Å². The molecule has 1 N–H and O–H groups in total. The van der Waals surface area contributed by atoms with E-state index < -0.39 is 11.4 Å². The van der Waals surface area contributed by atoms with E-state index in [1.54, 1.807) is 46.3 Å². The summed E-state index contributed by atoms with van der Waals surface area (Å²) in [6, 6.07) is 5.21. The minimum Gasteiger partial charge on any atom is -0.496 e. The van der Waals surface area contributed by atoms with E-state index in [-0.39, 0.29) is 0 Å². The first-order valence-corrected chi connectivity index (χ1v) is 5.98. The number of carbonyl (C=O) groups is 1. The van der Waals surface area contributed by atoms with Crippen LogP contribution in [0.15, 0.2) is 18.2 Å². The van der Waals surface area contributed by atoms with Gasteiger partial charge in [0.1, 0.15) is 17.2 Å². The van der Waals surface area contributed by atoms with E-state index in [4.69, 9.17) is 19.3 Å². The van der Waals surface area contributed by atoms with Crippen molar-refractivity contribution in [2.24, 2.45) is 5.41 Å². The molecule has 0 aromatic heterocycles. The van der Waals surface area contributed by atoms with E-state index in [9.17, 15) is 4.79 Å². The van der Waals surface area contributed by atoms with Crippen LogP contribution < -0.4 is 14.2 Å². The van der Waals surface area contributed by atoms with Crippen LogP contribution in [0.4, 0.5) is 0 Å². The SMILES string of the molecule is COc1cc(OC)cc(OCCC(C)(C)C(=O)O)c1. The van der Waals surface area contributed by atoms with Crippen molar-refractivity contribution in [3.05, 3.63) is 18.2 Å². The fourth-order valence-corrected chi connectivity index (χ4v) is 1.40. The quantitative estimate of drug-likeness (QED) is 0.823. The maximum atomic E-state index is 11.0. The Bertz CT molecular complexity index is 417. The van der Waals surface area contributed by atoms with Gasteiger partial charge in [-0.05, 0) is 20.3 Å². The summed E-state index contributed by atoms with van der Waals surface area (Å²) >= 11 is 0. The lowest BCUT2D eigenvalue weighted by molar-refractivity contribution is -0.147. The highest BCUT2D eigenvalue weighted by atomic mass is 16.5. The molecule has 0 aliphatic heterocycles. The molecule has 1 rings (SSSR count). The zero-order chi connectivity index (χ0) is 14.5. The molecule has 0 heterocycles. The van der Waals surface area contributed by atoms with Gasteiger partial charge in [0.2, 0.25) is 0 Å². The highest BCUT2D eigenvalue weighted by molar-refractivity contribution is 5.73. The summed E-state index contributed by atoms with van der Waals surface area (Å²) in [6.45, 7) is 3.66. The first-order valence-electron chi connectivity index (χ1n) is 5.98. The molecule has 0 amide bonds. The zero-order valence-electron chi connectivity index (χ0n) is 11.7. The lowest BCUT2D eigenvalue weighted by Crippen LogP contribution is -2.25. The van der Waals surface area contributed by atoms with Crippen LogP contribution in [0.1, 0.15) is 20.3 Å². The smallest absolute Gasteiger partial charge is 0.309 e. The molecule has 106 valence electrons. The molecule has 5 heteroatoms. The fraction of sp³-hybridized carbons (Fsp3) is 0.500. The molecular weight excluding hydrogens is 248 g/mol. The first-order chi connectivity index (χ1) is 8.89. The van der Waals surface area contributed by atoms with Crippen molar-refractivity contribution in [2.75, 3.05) is 20.8 Å². The molecule has 0 fully saturated rings. The maximum Gasteiger partial charge on any atom is 0.309 e. The second kappa shape index (κ2) is 6.31. The van der Waals surface area contributed by atoms with E-state index in [1.165, 1.54) is 0 Å². The number of rotatable bonds is 7. The van der Waals surface area contributed by atoms with Crippen LogP contribution in [0, 0.1) is 5.41 Å². The Morgan fingerprint density at radius 3 is 2.00 bits per heavy atom. The number of hydrogen-bond donors (Lipinski definition) is 1. The van der Waals surface area contributed by atoms with Crippen LogP contribution in [-0.4, -0.2) is 31.9 Å². The molecule has 0 aliphatic rings. The van der Waals surface area contributed by atoms with Gasteiger partial charge in [0.25, 0.3) is 0 Å². The number of benzene rings is 1. The third-order valence-electron chi connectivity index (χ3n) is 2.90. The van der Waals surface area contributed by atoms with Crippen molar-refractivity contribution >= 4 is 5.97 Å². The minimum absolute atomic E-state index is 0.315. The normalized spacial score (nSPS) is 10.9. The Morgan fingerprint density at radius 2 is 1.58 bits per heavy atom. The molecule has 0 saturated carbocycles. The van der Waals surface area contributed by atoms with Gasteiger partial charge < -0.3 is 19.3 Å². The largest absolute Gasteiger partial charge is 0.496 e. The third kappa shape index (κ3) is 4.35. The molecule has 0 aliphatic carbocycles. The number of carboxylic acids is 1. The Balaban J connectivity index is 2.65. The predicted molar refractivity (Wildman–Crippen MR) is 71.1 cm³/mol. The molecule has 0 saturated heterocycles. The topological polar surface area (TPSA) is 65.0 Å². The van der Waals surface area contributed by atoms with E-state index in [0.29, 0.717) is 30.3 Å². The van der Waals surface area contributed by atoms with Crippen LogP contribution in [0.25, 0.3) is 0 Å². The van der Waals surface area contributed by atoms with Gasteiger partial charge in [-0.3, -0.25) is 4.79 Å². The summed E-state index contributed by atoms with van der Waals surface area (Å²) in [5.41, 5.74) is -0.803. The Hall–Kier alpha value is -1.91. The van der Waals surface area contributed by atoms with Crippen molar-refractivity contribution in [2.45, 2.75) is 20.3 Å². The minimum atomic E-state index is -0.834. The third-order valence-corrected chi connectivity index (χ3v) is 2.90. The van der Waals surface area contributed by atoms with Crippen LogP contribution in [-0.2, 0) is 4.79 Å². The summed E-state index contributed by atoms with van der Waals surface area (Å²) < 4.78 is 15.8. The molecule has 0 atom stereocenters. The molecule has 0 bridgehead atoms. The summed E-state index contributed by atoms with van der Waals surface area (Å²) in [5.74, 6) is 1.02. The van der Waals surface area contributed by atoms with Crippen molar-refractivity contribution in [1.82, 2.24) is 0 Å². The summed E-state index contributed by atoms with van der Waals surface area (Å²) in [5, 5.41) is 9.01. The van der Waals surface area contributed by atoms with Crippen LogP contribution in [0.2, 0.25) is 0 Å². The molecule has 1 aromatic carbocycles. The second-order valence-electron chi connectivity index (χ2n) is 4.84. The van der Waals surface area contributed by atoms with E-state index in [1.807, 2.05) is 0 Å². The average Bonchev–Trinajstić information content (AvgIpc) is 2.37. The highest BCUT2D eigenvalue weighted by Gasteiger charge is 2.26. The van der Waals surface area contributed by atoms with Gasteiger partial charge in [0.05, 0.1) is 26.2 Å². The Kier molecular flexibility index (Phi) is 5.03. The maximum absolute atomic E-state index is 11.0. The van der Waals surface area contributed by atoms with Crippen LogP contribution >= 0.6 is 0 Å². The zero-order valence-corrected chi connectivity index (χ0v) is 11.7. The first kappa shape index (κ1) is 15.1. The molecular formula is C14H20O5. The molecule has 5 nitrogen and oxygen atoms in total. The Morgan fingerprint density at radius 1 is 1.11 bits per heavy atom. The molecule has 0 radical (unpaired) electrons. The predicted octanol–water partition coefficient (Wildman–Crippen LogP) is 2.58. The second-order valence-corrected chi connectivity index (χ2v) is 4.84. The summed E-state index contributed by atoms with van der Waals surface area (Å²) in [7, 11) is 3.12. The van der Waals surface area contributed by atoms with Crippen LogP contribution in [0.3, 0.4) is 0 Å². The van der Waals surface area contributed by atoms with Gasteiger partial charge >= 0.3 is 5.97 Å². The number of hydrogen-bond acceptors (Lipinski definition) is 4. The monoisotopic (exact) mass is 268 g/mol. The highest BCUT2D eigenvalue weighted by Crippen LogP contribution is 2.28. The average molecular weight is 268 g/mol. The van der Waals surface area contributed by atoms with Crippen molar-refractivity contribution in [1.29, 1.82) is 0 Å². The lowest BCUT2D eigenvalue weighted by atomic mass is 9.90. The van der Waals surface area contributed by atoms with Crippen molar-refractivity contribution in [3.8, 4) is 17.2 Å². The van der Waals surface area contributed by atoms with Gasteiger partial charge in [-0.15, -0.1) is 0 Å². The molecule has 0 spiro atoms. The Labute approximate surface area is 113 Å². The number of carboxylic acid groups (broad SMARTS) is 1. The molecule has 1 aromatic rings. The van der Waals surface area contributed by atoms with Gasteiger partial charge in [0.15, 0.2) is 0 Å². The summed E-state index contributed by atoms with van der Waals surface area (Å²) in [4.78, 5) is 11.0. The van der Waals surface area contributed by atoms with Gasteiger partial charge in [-0.1, -0.05) is 0 Å². The lowest BCUT2D eigenvalue weighted by Gasteiger charge is -2.19. The molecule has 0 unspecified atom stereocenters. The summed E-state index contributed by atoms with van der Waals surface area (Å²) in [6.07, 6.45) is 0.419. The van der Waals surface area contributed by atoms with Crippen molar-refractivity contribution < 1.29 is 24.1 Å². The van der Waals surface area contributed by atoms with Crippen molar-refractivity contribution in [3.63, 3.8) is 0 Å². The number of methoxy groups -OCH3 is 2. The van der Waals surface area contributed by atoms with E-state index in [2.05, 4.69) is 0 Å². The number of ether oxygens (including phenoxy) is 3. The van der Waals surface area contributed by atoms with Gasteiger partial charge in [0, 0.05) is 18.2 Å². The molecule has 19 heavy (non-hydrogen) atoms. The fourth-order valence-electron chi connectivity index (χ4n) is 1.40. The van der Waals surface area contributed by atoms with Crippen LogP contribution in [0.5, 0.6) is 17.2 Å². The van der Waals surface area contributed by atoms with E-state index >= 15 is 0 Å². The van der Waals surface area contributed by atoms with E-state index in [0.717, 1.165) is 0 Å². The van der Waals surface area contributed by atoms with Gasteiger partial charge in [-0.2, -0.15) is 0 Å². The standard InChI is InChI=1S/C14H20O5/c1-14(2,13(15)16)5-6-19-12-8-10(17-3)7-11(9-12)18-4/h7-9H,5-6H2,1-4H3,(H,15,16). The number of aliphatic carboxylic acids is 1.